The van der Waals surface area contributed by atoms with E-state index in [-0.39, 0.29) is 0 Å². The van der Waals surface area contributed by atoms with Crippen LogP contribution in [0.5, 0.6) is 0 Å². The van der Waals surface area contributed by atoms with Crippen molar-refractivity contribution in [2.24, 2.45) is 0 Å². The van der Waals surface area contributed by atoms with E-state index in [1.165, 1.54) is 95.9 Å². The summed E-state index contributed by atoms with van der Waals surface area (Å²) in [6.07, 6.45) is 11.3. The van der Waals surface area contributed by atoms with Gasteiger partial charge in [0.2, 0.25) is 0 Å². The summed E-state index contributed by atoms with van der Waals surface area (Å²) < 4.78 is 26.7. The van der Waals surface area contributed by atoms with Gasteiger partial charge < -0.3 is 18.9 Å². The van der Waals surface area contributed by atoms with Gasteiger partial charge in [0.1, 0.15) is 0 Å². The summed E-state index contributed by atoms with van der Waals surface area (Å²) in [5.41, 5.74) is 10.1. The smallest absolute Gasteiger partial charge is 0.185 e. The first-order chi connectivity index (χ1) is 26.1. The fourth-order valence-electron chi connectivity index (χ4n) is 8.75. The van der Waals surface area contributed by atoms with Crippen LogP contribution in [-0.2, 0) is 37.2 Å². The van der Waals surface area contributed by atoms with Crippen LogP contribution in [0.1, 0.15) is 178 Å². The number of hydrogen-bond donors (Lipinski definition) is 0. The second kappa shape index (κ2) is 15.2. The molecule has 294 valence electrons. The second-order valence-electron chi connectivity index (χ2n) is 18.6. The highest BCUT2D eigenvalue weighted by Gasteiger charge is 2.53. The van der Waals surface area contributed by atoms with Crippen molar-refractivity contribution >= 4 is 0 Å². The van der Waals surface area contributed by atoms with E-state index in [9.17, 15) is 0 Å². The number of aryl methyl sites for hydroxylation is 2. The number of rotatable bonds is 14. The normalized spacial score (nSPS) is 20.5. The molecule has 0 unspecified atom stereocenters. The molecule has 4 nitrogen and oxygen atoms in total. The molecule has 0 radical (unpaired) electrons. The lowest BCUT2D eigenvalue weighted by Gasteiger charge is -2.35. The Morgan fingerprint density at radius 3 is 1.09 bits per heavy atom. The highest BCUT2D eigenvalue weighted by atomic mass is 16.8. The lowest BCUT2D eigenvalue weighted by molar-refractivity contribution is -0.0899. The fraction of sp³-hybridized carbons (Fsp3) is 0.529. The summed E-state index contributed by atoms with van der Waals surface area (Å²) in [4.78, 5) is 0. The molecule has 2 heterocycles. The number of hydrogen-bond acceptors (Lipinski definition) is 4. The van der Waals surface area contributed by atoms with Crippen molar-refractivity contribution in [1.82, 2.24) is 0 Å². The van der Waals surface area contributed by atoms with E-state index in [1.807, 2.05) is 0 Å². The number of benzene rings is 4. The summed E-state index contributed by atoms with van der Waals surface area (Å²) >= 11 is 0. The first-order valence-corrected chi connectivity index (χ1v) is 21.3. The zero-order chi connectivity index (χ0) is 39.2. The Morgan fingerprint density at radius 1 is 0.418 bits per heavy atom. The van der Waals surface area contributed by atoms with Crippen molar-refractivity contribution in [3.8, 4) is 11.1 Å². The molecule has 4 aromatic rings. The van der Waals surface area contributed by atoms with Gasteiger partial charge in [-0.25, -0.2) is 0 Å². The summed E-state index contributed by atoms with van der Waals surface area (Å²) in [5, 5.41) is 0. The summed E-state index contributed by atoms with van der Waals surface area (Å²) in [6.45, 7) is 21.6. The molecule has 4 aromatic carbocycles. The van der Waals surface area contributed by atoms with Crippen LogP contribution >= 0.6 is 0 Å². The van der Waals surface area contributed by atoms with Gasteiger partial charge in [0, 0.05) is 11.1 Å². The molecule has 0 saturated carbocycles. The maximum absolute atomic E-state index is 6.68. The first kappa shape index (κ1) is 39.9. The van der Waals surface area contributed by atoms with Gasteiger partial charge in [-0.1, -0.05) is 125 Å². The topological polar surface area (TPSA) is 36.9 Å². The zero-order valence-electron chi connectivity index (χ0n) is 35.4. The van der Waals surface area contributed by atoms with Crippen LogP contribution in [0.4, 0.5) is 0 Å². The quantitative estimate of drug-likeness (QED) is 0.106. The molecular weight excluding hydrogens is 677 g/mol. The third-order valence-corrected chi connectivity index (χ3v) is 13.6. The SMILES string of the molecule is CCCCCCc1ccc(C2(c3ccc(CCCCCC)cc3)c3cc(C4OC(C)(C)C(C)(C)O4)ccc3-c3ccc(C4OC(C)(C)C(C)(C)O4)cc32)cc1. The van der Waals surface area contributed by atoms with E-state index in [4.69, 9.17) is 18.9 Å². The third-order valence-electron chi connectivity index (χ3n) is 13.6. The van der Waals surface area contributed by atoms with Crippen LogP contribution in [0.3, 0.4) is 0 Å². The number of unbranched alkanes of at least 4 members (excludes halogenated alkanes) is 6. The molecule has 3 aliphatic rings. The average molecular weight is 743 g/mol. The van der Waals surface area contributed by atoms with Gasteiger partial charge in [0.05, 0.1) is 27.8 Å². The highest BCUT2D eigenvalue weighted by Crippen LogP contribution is 2.58. The highest BCUT2D eigenvalue weighted by molar-refractivity contribution is 5.87. The lowest BCUT2D eigenvalue weighted by atomic mass is 9.67. The van der Waals surface area contributed by atoms with Gasteiger partial charge in [0.25, 0.3) is 0 Å². The number of fused-ring (bicyclic) bond motifs is 3. The van der Waals surface area contributed by atoms with Crippen LogP contribution < -0.4 is 0 Å². The van der Waals surface area contributed by atoms with Crippen LogP contribution in [0, 0.1) is 0 Å². The lowest BCUT2D eigenvalue weighted by Crippen LogP contribution is -2.41. The molecule has 2 aliphatic heterocycles. The fourth-order valence-corrected chi connectivity index (χ4v) is 8.75. The Bertz CT molecular complexity index is 1770. The monoisotopic (exact) mass is 742 g/mol. The van der Waals surface area contributed by atoms with E-state index >= 15 is 0 Å². The molecule has 4 heteroatoms. The Kier molecular flexibility index (Phi) is 11.1. The average Bonchev–Trinajstić information content (AvgIpc) is 3.66. The molecule has 0 bridgehead atoms. The summed E-state index contributed by atoms with van der Waals surface area (Å²) in [7, 11) is 0. The van der Waals surface area contributed by atoms with Gasteiger partial charge in [-0.05, 0) is 138 Å². The van der Waals surface area contributed by atoms with E-state index in [0.29, 0.717) is 0 Å². The third kappa shape index (κ3) is 7.27. The van der Waals surface area contributed by atoms with E-state index in [0.717, 1.165) is 24.0 Å². The minimum atomic E-state index is -0.592. The molecule has 0 aromatic heterocycles. The van der Waals surface area contributed by atoms with Crippen molar-refractivity contribution in [3.63, 3.8) is 0 Å². The second-order valence-corrected chi connectivity index (χ2v) is 18.6. The minimum absolute atomic E-state index is 0.436. The Hall–Kier alpha value is -3.28. The predicted octanol–water partition coefficient (Wildman–Crippen LogP) is 13.5. The van der Waals surface area contributed by atoms with Gasteiger partial charge in [0.15, 0.2) is 12.6 Å². The maximum Gasteiger partial charge on any atom is 0.185 e. The molecule has 0 N–H and O–H groups in total. The zero-order valence-corrected chi connectivity index (χ0v) is 35.4. The maximum atomic E-state index is 6.68. The van der Waals surface area contributed by atoms with Crippen molar-refractivity contribution in [2.45, 2.75) is 174 Å². The van der Waals surface area contributed by atoms with E-state index < -0.39 is 40.4 Å². The van der Waals surface area contributed by atoms with Crippen LogP contribution in [0.15, 0.2) is 84.9 Å². The molecule has 1 aliphatic carbocycles. The van der Waals surface area contributed by atoms with Gasteiger partial charge >= 0.3 is 0 Å². The van der Waals surface area contributed by atoms with Gasteiger partial charge in [-0.2, -0.15) is 0 Å². The molecule has 0 amide bonds. The van der Waals surface area contributed by atoms with Crippen molar-refractivity contribution in [1.29, 1.82) is 0 Å². The molecule has 2 saturated heterocycles. The first-order valence-electron chi connectivity index (χ1n) is 21.3. The van der Waals surface area contributed by atoms with Crippen LogP contribution in [0.25, 0.3) is 11.1 Å². The van der Waals surface area contributed by atoms with E-state index in [2.05, 4.69) is 154 Å². The Morgan fingerprint density at radius 2 is 0.764 bits per heavy atom. The molecule has 0 spiro atoms. The molecule has 2 fully saturated rings. The van der Waals surface area contributed by atoms with E-state index in [1.54, 1.807) is 0 Å². The molecule has 0 atom stereocenters. The van der Waals surface area contributed by atoms with Crippen molar-refractivity contribution in [3.05, 3.63) is 129 Å². The van der Waals surface area contributed by atoms with Gasteiger partial charge in [-0.3, -0.25) is 0 Å². The molecule has 7 rings (SSSR count). The Balaban J connectivity index is 1.41. The molecular formula is C51H66O4. The van der Waals surface area contributed by atoms with Crippen LogP contribution in [0.2, 0.25) is 0 Å². The van der Waals surface area contributed by atoms with Crippen molar-refractivity contribution in [2.75, 3.05) is 0 Å². The predicted molar refractivity (Wildman–Crippen MR) is 226 cm³/mol. The Labute approximate surface area is 332 Å². The standard InChI is InChI=1S/C51H66O4/c1-11-13-15-17-19-35-21-27-39(28-22-35)51(40-29-23-36(24-30-40)20-18-16-14-12-2)43-33-37(45-52-47(3,4)48(5,6)53-45)25-31-41(43)42-32-26-38(34-44(42)51)46-54-49(7,8)50(9,10)55-46/h21-34,45-46H,11-20H2,1-10H3. The minimum Gasteiger partial charge on any atom is -0.339 e. The number of ether oxygens (including phenoxy) is 4. The largest absolute Gasteiger partial charge is 0.339 e. The van der Waals surface area contributed by atoms with Crippen LogP contribution in [-0.4, -0.2) is 22.4 Å². The van der Waals surface area contributed by atoms with Crippen molar-refractivity contribution < 1.29 is 18.9 Å². The summed E-state index contributed by atoms with van der Waals surface area (Å²) in [6, 6.07) is 32.9. The van der Waals surface area contributed by atoms with Gasteiger partial charge in [-0.15, -0.1) is 0 Å². The molecule has 55 heavy (non-hydrogen) atoms. The summed E-state index contributed by atoms with van der Waals surface area (Å²) in [5.74, 6) is 0.